The number of carbonyl (C=O) groups is 1. The highest BCUT2D eigenvalue weighted by Crippen LogP contribution is 2.26. The van der Waals surface area contributed by atoms with Crippen molar-refractivity contribution >= 4 is 32.9 Å². The second-order valence-corrected chi connectivity index (χ2v) is 7.60. The van der Waals surface area contributed by atoms with Gasteiger partial charge in [0.25, 0.3) is 5.91 Å². The van der Waals surface area contributed by atoms with E-state index in [1.807, 2.05) is 36.4 Å². The van der Waals surface area contributed by atoms with Crippen LogP contribution in [0.5, 0.6) is 5.75 Å². The van der Waals surface area contributed by atoms with Crippen molar-refractivity contribution < 1.29 is 17.9 Å². The average molecular weight is 397 g/mol. The van der Waals surface area contributed by atoms with Crippen molar-refractivity contribution in [1.82, 2.24) is 10.1 Å². The highest BCUT2D eigenvalue weighted by atomic mass is 32.2. The van der Waals surface area contributed by atoms with Gasteiger partial charge in [0.2, 0.25) is 10.0 Å². The molecule has 0 atom stereocenters. The largest absolute Gasteiger partial charge is 0.496 e. The Labute approximate surface area is 163 Å². The number of nitrogens with zero attached hydrogens (tertiary/aromatic N) is 1. The molecule has 3 aromatic carbocycles. The number of hydrogen-bond donors (Lipinski definition) is 2. The predicted molar refractivity (Wildman–Crippen MR) is 108 cm³/mol. The van der Waals surface area contributed by atoms with Crippen LogP contribution in [0.3, 0.4) is 0 Å². The van der Waals surface area contributed by atoms with Crippen LogP contribution in [-0.4, -0.2) is 34.2 Å². The lowest BCUT2D eigenvalue weighted by Crippen LogP contribution is -2.34. The van der Waals surface area contributed by atoms with E-state index in [4.69, 9.17) is 4.74 Å². The van der Waals surface area contributed by atoms with E-state index >= 15 is 0 Å². The van der Waals surface area contributed by atoms with Crippen molar-refractivity contribution in [3.63, 3.8) is 0 Å². The summed E-state index contributed by atoms with van der Waals surface area (Å²) in [4.78, 5) is 12.0. The maximum atomic E-state index is 12.1. The first kappa shape index (κ1) is 19.5. The number of hydrogen-bond acceptors (Lipinski definition) is 5. The van der Waals surface area contributed by atoms with Gasteiger partial charge in [0.15, 0.2) is 0 Å². The molecule has 3 aromatic rings. The van der Waals surface area contributed by atoms with Gasteiger partial charge in [0.05, 0.1) is 24.8 Å². The predicted octanol–water partition coefficient (Wildman–Crippen LogP) is 2.28. The molecule has 144 valence electrons. The number of nitrogens with one attached hydrogen (secondary N) is 2. The minimum atomic E-state index is -3.75. The van der Waals surface area contributed by atoms with E-state index in [1.54, 1.807) is 25.3 Å². The van der Waals surface area contributed by atoms with Gasteiger partial charge < -0.3 is 4.74 Å². The number of sulfonamides is 1. The van der Waals surface area contributed by atoms with Crippen molar-refractivity contribution in [3.8, 4) is 5.75 Å². The van der Waals surface area contributed by atoms with Crippen molar-refractivity contribution in [1.29, 1.82) is 0 Å². The van der Waals surface area contributed by atoms with Crippen molar-refractivity contribution in [2.24, 2.45) is 5.10 Å². The van der Waals surface area contributed by atoms with Gasteiger partial charge in [-0.3, -0.25) is 4.79 Å². The Morgan fingerprint density at radius 3 is 2.50 bits per heavy atom. The molecule has 0 aromatic heterocycles. The summed E-state index contributed by atoms with van der Waals surface area (Å²) in [7, 11) is -2.20. The molecule has 0 fully saturated rings. The molecule has 8 heteroatoms. The molecule has 0 spiro atoms. The first-order valence-corrected chi connectivity index (χ1v) is 9.92. The monoisotopic (exact) mass is 397 g/mol. The molecule has 2 N–H and O–H groups in total. The number of benzene rings is 3. The fourth-order valence-electron chi connectivity index (χ4n) is 2.64. The van der Waals surface area contributed by atoms with Gasteiger partial charge in [-0.1, -0.05) is 48.5 Å². The van der Waals surface area contributed by atoms with Gasteiger partial charge in [0, 0.05) is 5.56 Å². The van der Waals surface area contributed by atoms with Gasteiger partial charge in [-0.2, -0.15) is 5.10 Å². The minimum Gasteiger partial charge on any atom is -0.496 e. The van der Waals surface area contributed by atoms with Gasteiger partial charge in [0.1, 0.15) is 5.75 Å². The smallest absolute Gasteiger partial charge is 0.255 e. The lowest BCUT2D eigenvalue weighted by atomic mass is 10.0. The third-order valence-corrected chi connectivity index (χ3v) is 5.43. The zero-order valence-corrected chi connectivity index (χ0v) is 15.9. The molecule has 0 heterocycles. The molecule has 0 saturated heterocycles. The summed E-state index contributed by atoms with van der Waals surface area (Å²) in [6, 6.07) is 19.3. The minimum absolute atomic E-state index is 0.0896. The van der Waals surface area contributed by atoms with Crippen LogP contribution < -0.4 is 14.9 Å². The molecule has 0 aliphatic carbocycles. The zero-order valence-electron chi connectivity index (χ0n) is 15.1. The van der Waals surface area contributed by atoms with E-state index in [-0.39, 0.29) is 4.90 Å². The number of fused-ring (bicyclic) bond motifs is 1. The fourth-order valence-corrected chi connectivity index (χ4v) is 3.64. The van der Waals surface area contributed by atoms with Gasteiger partial charge in [-0.15, -0.1) is 0 Å². The Morgan fingerprint density at radius 2 is 1.75 bits per heavy atom. The molecule has 28 heavy (non-hydrogen) atoms. The van der Waals surface area contributed by atoms with E-state index < -0.39 is 22.5 Å². The molecule has 0 bridgehead atoms. The second kappa shape index (κ2) is 8.64. The lowest BCUT2D eigenvalue weighted by Gasteiger charge is -2.08. The van der Waals surface area contributed by atoms with Crippen LogP contribution in [-0.2, 0) is 14.8 Å². The number of ether oxygens (including phenoxy) is 1. The third kappa shape index (κ3) is 4.54. The van der Waals surface area contributed by atoms with E-state index in [9.17, 15) is 13.2 Å². The SMILES string of the molecule is COc1ccc2ccccc2c1/C=N\NC(=O)CNS(=O)(=O)c1ccccc1. The highest BCUT2D eigenvalue weighted by molar-refractivity contribution is 7.89. The average Bonchev–Trinajstić information content (AvgIpc) is 2.73. The van der Waals surface area contributed by atoms with Crippen LogP contribution in [0, 0.1) is 0 Å². The quantitative estimate of drug-likeness (QED) is 0.472. The van der Waals surface area contributed by atoms with Crippen LogP contribution in [0.25, 0.3) is 10.8 Å². The lowest BCUT2D eigenvalue weighted by molar-refractivity contribution is -0.119. The second-order valence-electron chi connectivity index (χ2n) is 5.83. The van der Waals surface area contributed by atoms with E-state index in [0.717, 1.165) is 10.8 Å². The summed E-state index contributed by atoms with van der Waals surface area (Å²) in [5, 5.41) is 5.86. The Morgan fingerprint density at radius 1 is 1.04 bits per heavy atom. The van der Waals surface area contributed by atoms with Gasteiger partial charge in [-0.25, -0.2) is 18.6 Å². The molecular weight excluding hydrogens is 378 g/mol. The highest BCUT2D eigenvalue weighted by Gasteiger charge is 2.14. The molecule has 1 amide bonds. The van der Waals surface area contributed by atoms with Crippen LogP contribution in [0.2, 0.25) is 0 Å². The van der Waals surface area contributed by atoms with Crippen molar-refractivity contribution in [2.75, 3.05) is 13.7 Å². The Balaban J connectivity index is 1.67. The fraction of sp³-hybridized carbons (Fsp3) is 0.100. The van der Waals surface area contributed by atoms with Crippen LogP contribution in [0.15, 0.2) is 76.7 Å². The first-order valence-electron chi connectivity index (χ1n) is 8.43. The number of rotatable bonds is 7. The molecule has 0 aliphatic heterocycles. The van der Waals surface area contributed by atoms with Crippen LogP contribution >= 0.6 is 0 Å². The van der Waals surface area contributed by atoms with E-state index in [1.165, 1.54) is 18.3 Å². The number of methoxy groups -OCH3 is 1. The molecule has 0 radical (unpaired) electrons. The molecule has 3 rings (SSSR count). The van der Waals surface area contributed by atoms with Crippen molar-refractivity contribution in [2.45, 2.75) is 4.90 Å². The number of amides is 1. The standard InChI is InChI=1S/C20H19N3O4S/c1-27-19-12-11-15-7-5-6-10-17(15)18(19)13-21-23-20(24)14-22-28(25,26)16-8-3-2-4-9-16/h2-13,22H,14H2,1H3,(H,23,24)/b21-13-. The summed E-state index contributed by atoms with van der Waals surface area (Å²) in [5.41, 5.74) is 3.03. The molecule has 7 nitrogen and oxygen atoms in total. The molecule has 0 saturated carbocycles. The van der Waals surface area contributed by atoms with Crippen molar-refractivity contribution in [3.05, 3.63) is 72.3 Å². The molecule has 0 unspecified atom stereocenters. The van der Waals surface area contributed by atoms with Gasteiger partial charge in [-0.05, 0) is 29.0 Å². The summed E-state index contributed by atoms with van der Waals surface area (Å²) < 4.78 is 31.8. The summed E-state index contributed by atoms with van der Waals surface area (Å²) in [5.74, 6) is 0.0245. The Kier molecular flexibility index (Phi) is 6.03. The van der Waals surface area contributed by atoms with Crippen LogP contribution in [0.4, 0.5) is 0 Å². The van der Waals surface area contributed by atoms with E-state index in [2.05, 4.69) is 15.2 Å². The summed E-state index contributed by atoms with van der Waals surface area (Å²) in [6.45, 7) is -0.429. The van der Waals surface area contributed by atoms with Crippen LogP contribution in [0.1, 0.15) is 5.56 Å². The third-order valence-electron chi connectivity index (χ3n) is 4.01. The molecule has 0 aliphatic rings. The topological polar surface area (TPSA) is 96.9 Å². The van der Waals surface area contributed by atoms with E-state index in [0.29, 0.717) is 11.3 Å². The summed E-state index contributed by atoms with van der Waals surface area (Å²) >= 11 is 0. The summed E-state index contributed by atoms with van der Waals surface area (Å²) in [6.07, 6.45) is 1.48. The van der Waals surface area contributed by atoms with Gasteiger partial charge >= 0.3 is 0 Å². The zero-order chi connectivity index (χ0) is 20.0. The Bertz CT molecular complexity index is 1110. The number of hydrazone groups is 1. The normalized spacial score (nSPS) is 11.6. The first-order chi connectivity index (χ1) is 13.5. The maximum Gasteiger partial charge on any atom is 0.255 e. The number of carbonyl (C=O) groups excluding carboxylic acids is 1. The molecular formula is C20H19N3O4S. The maximum absolute atomic E-state index is 12.1. The Hall–Kier alpha value is -3.23.